The van der Waals surface area contributed by atoms with Crippen LogP contribution in [0, 0.1) is 0 Å². The second-order valence-electron chi connectivity index (χ2n) is 6.82. The number of thiazole rings is 1. The summed E-state index contributed by atoms with van der Waals surface area (Å²) in [6, 6.07) is 8.69. The van der Waals surface area contributed by atoms with Crippen molar-refractivity contribution in [3.05, 3.63) is 52.0 Å². The van der Waals surface area contributed by atoms with Crippen LogP contribution in [0.5, 0.6) is 0 Å². The molecule has 0 unspecified atom stereocenters. The molecule has 5 nitrogen and oxygen atoms in total. The van der Waals surface area contributed by atoms with Crippen molar-refractivity contribution in [3.63, 3.8) is 0 Å². The van der Waals surface area contributed by atoms with Crippen LogP contribution in [-0.4, -0.2) is 54.2 Å². The molecule has 3 rings (SSSR count). The van der Waals surface area contributed by atoms with Crippen molar-refractivity contribution < 1.29 is 9.47 Å². The first-order valence-electron chi connectivity index (χ1n) is 9.93. The normalized spacial score (nSPS) is 16.7. The molecule has 0 spiro atoms. The van der Waals surface area contributed by atoms with Crippen LogP contribution < -0.4 is 0 Å². The fourth-order valence-electron chi connectivity index (χ4n) is 3.44. The molecule has 1 aromatic carbocycles. The molecule has 0 aliphatic carbocycles. The highest BCUT2D eigenvalue weighted by Gasteiger charge is 2.16. The van der Waals surface area contributed by atoms with Gasteiger partial charge in [-0.15, -0.1) is 11.3 Å². The first-order chi connectivity index (χ1) is 13.3. The van der Waals surface area contributed by atoms with Gasteiger partial charge >= 0.3 is 0 Å². The molecule has 6 heteroatoms. The Morgan fingerprint density at radius 2 is 1.63 bits per heavy atom. The summed E-state index contributed by atoms with van der Waals surface area (Å²) in [7, 11) is 0. The van der Waals surface area contributed by atoms with E-state index in [1.54, 1.807) is 11.3 Å². The Morgan fingerprint density at radius 3 is 2.22 bits per heavy atom. The minimum absolute atomic E-state index is 0.258. The Hall–Kier alpha value is -1.31. The predicted octanol–water partition coefficient (Wildman–Crippen LogP) is 3.92. The van der Waals surface area contributed by atoms with E-state index in [-0.39, 0.29) is 6.29 Å². The summed E-state index contributed by atoms with van der Waals surface area (Å²) in [5.74, 6) is 0. The smallest absolute Gasteiger partial charge is 0.183 e. The van der Waals surface area contributed by atoms with Crippen molar-refractivity contribution in [1.82, 2.24) is 14.8 Å². The summed E-state index contributed by atoms with van der Waals surface area (Å²) in [6.45, 7) is 11.8. The van der Waals surface area contributed by atoms with Gasteiger partial charge in [-0.25, -0.2) is 4.98 Å². The van der Waals surface area contributed by atoms with Crippen LogP contribution in [0.15, 0.2) is 35.8 Å². The van der Waals surface area contributed by atoms with Gasteiger partial charge < -0.3 is 9.47 Å². The molecule has 27 heavy (non-hydrogen) atoms. The Bertz CT molecular complexity index is 642. The van der Waals surface area contributed by atoms with Gasteiger partial charge in [-0.1, -0.05) is 24.3 Å². The third-order valence-electron chi connectivity index (χ3n) is 4.82. The van der Waals surface area contributed by atoms with E-state index < -0.39 is 0 Å². The minimum Gasteiger partial charge on any atom is -0.349 e. The van der Waals surface area contributed by atoms with Gasteiger partial charge in [0.2, 0.25) is 0 Å². The van der Waals surface area contributed by atoms with Gasteiger partial charge in [-0.2, -0.15) is 0 Å². The molecular formula is C21H31N3O2S. The van der Waals surface area contributed by atoms with Gasteiger partial charge in [0.15, 0.2) is 6.29 Å². The zero-order valence-corrected chi connectivity index (χ0v) is 17.3. The van der Waals surface area contributed by atoms with Crippen molar-refractivity contribution in [3.8, 4) is 0 Å². The zero-order chi connectivity index (χ0) is 18.9. The van der Waals surface area contributed by atoms with Crippen LogP contribution in [-0.2, 0) is 22.6 Å². The lowest BCUT2D eigenvalue weighted by Gasteiger charge is -2.22. The maximum atomic E-state index is 5.69. The maximum Gasteiger partial charge on any atom is 0.183 e. The SMILES string of the molecule is CCOC(OCC)c1ccc(CN2CCCN(Cc3nccs3)CC2)cc1. The Labute approximate surface area is 166 Å². The molecule has 1 aromatic heterocycles. The Kier molecular flexibility index (Phi) is 8.23. The lowest BCUT2D eigenvalue weighted by Crippen LogP contribution is -2.30. The Balaban J connectivity index is 1.51. The van der Waals surface area contributed by atoms with Gasteiger partial charge in [-0.3, -0.25) is 9.80 Å². The predicted molar refractivity (Wildman–Crippen MR) is 110 cm³/mol. The fourth-order valence-corrected chi connectivity index (χ4v) is 4.10. The van der Waals surface area contributed by atoms with Crippen molar-refractivity contribution in [2.24, 2.45) is 0 Å². The standard InChI is InChI=1S/C21H31N3O2S/c1-3-25-21(26-4-2)19-8-6-18(7-9-19)16-23-11-5-12-24(14-13-23)17-20-22-10-15-27-20/h6-10,15,21H,3-5,11-14,16-17H2,1-2H3. The van der Waals surface area contributed by atoms with Crippen LogP contribution >= 0.6 is 11.3 Å². The number of aromatic nitrogens is 1. The lowest BCUT2D eigenvalue weighted by molar-refractivity contribution is -0.140. The van der Waals surface area contributed by atoms with E-state index in [4.69, 9.17) is 9.47 Å². The highest BCUT2D eigenvalue weighted by Crippen LogP contribution is 2.20. The van der Waals surface area contributed by atoms with Crippen molar-refractivity contribution in [1.29, 1.82) is 0 Å². The summed E-state index contributed by atoms with van der Waals surface area (Å²) < 4.78 is 11.4. The molecule has 1 fully saturated rings. The summed E-state index contributed by atoms with van der Waals surface area (Å²) in [4.78, 5) is 9.50. The number of benzene rings is 1. The van der Waals surface area contributed by atoms with E-state index in [2.05, 4.69) is 44.4 Å². The third-order valence-corrected chi connectivity index (χ3v) is 5.58. The van der Waals surface area contributed by atoms with E-state index >= 15 is 0 Å². The molecule has 2 heterocycles. The van der Waals surface area contributed by atoms with Crippen LogP contribution in [0.1, 0.15) is 42.7 Å². The first kappa shape index (κ1) is 20.4. The molecule has 0 atom stereocenters. The second-order valence-corrected chi connectivity index (χ2v) is 7.80. The van der Waals surface area contributed by atoms with Crippen LogP contribution in [0.4, 0.5) is 0 Å². The molecule has 0 radical (unpaired) electrons. The third kappa shape index (κ3) is 6.36. The van der Waals surface area contributed by atoms with Gasteiger partial charge in [0.1, 0.15) is 5.01 Å². The number of ether oxygens (including phenoxy) is 2. The van der Waals surface area contributed by atoms with Crippen molar-refractivity contribution >= 4 is 11.3 Å². The van der Waals surface area contributed by atoms with Gasteiger partial charge in [0.25, 0.3) is 0 Å². The molecule has 1 aliphatic heterocycles. The molecular weight excluding hydrogens is 358 g/mol. The summed E-state index contributed by atoms with van der Waals surface area (Å²) in [5, 5.41) is 3.28. The molecule has 0 N–H and O–H groups in total. The highest BCUT2D eigenvalue weighted by atomic mass is 32.1. The Morgan fingerprint density at radius 1 is 0.963 bits per heavy atom. The first-order valence-corrected chi connectivity index (χ1v) is 10.8. The number of rotatable bonds is 9. The van der Waals surface area contributed by atoms with Gasteiger partial charge in [0, 0.05) is 50.0 Å². The quantitative estimate of drug-likeness (QED) is 0.608. The average Bonchev–Trinajstić information content (AvgIpc) is 3.09. The molecule has 148 valence electrons. The highest BCUT2D eigenvalue weighted by molar-refractivity contribution is 7.09. The second kappa shape index (κ2) is 10.9. The van der Waals surface area contributed by atoms with Gasteiger partial charge in [-0.05, 0) is 38.9 Å². The van der Waals surface area contributed by atoms with Crippen molar-refractivity contribution in [2.45, 2.75) is 39.6 Å². The molecule has 0 saturated carbocycles. The van der Waals surface area contributed by atoms with E-state index in [9.17, 15) is 0 Å². The van der Waals surface area contributed by atoms with Crippen molar-refractivity contribution in [2.75, 3.05) is 39.4 Å². The van der Waals surface area contributed by atoms with E-state index in [0.717, 1.165) is 44.8 Å². The number of hydrogen-bond donors (Lipinski definition) is 0. The molecule has 1 aliphatic rings. The van der Waals surface area contributed by atoms with Crippen LogP contribution in [0.2, 0.25) is 0 Å². The van der Waals surface area contributed by atoms with E-state index in [1.807, 2.05) is 20.0 Å². The van der Waals surface area contributed by atoms with Gasteiger partial charge in [0.05, 0.1) is 6.54 Å². The number of nitrogens with zero attached hydrogens (tertiary/aromatic N) is 3. The molecule has 2 aromatic rings. The minimum atomic E-state index is -0.258. The average molecular weight is 390 g/mol. The van der Waals surface area contributed by atoms with Crippen LogP contribution in [0.3, 0.4) is 0 Å². The summed E-state index contributed by atoms with van der Waals surface area (Å²) in [5.41, 5.74) is 2.44. The topological polar surface area (TPSA) is 37.8 Å². The fraction of sp³-hybridized carbons (Fsp3) is 0.571. The van der Waals surface area contributed by atoms with Crippen LogP contribution in [0.25, 0.3) is 0 Å². The molecule has 1 saturated heterocycles. The molecule has 0 amide bonds. The lowest BCUT2D eigenvalue weighted by atomic mass is 10.1. The largest absolute Gasteiger partial charge is 0.349 e. The monoisotopic (exact) mass is 389 g/mol. The maximum absolute atomic E-state index is 5.69. The summed E-state index contributed by atoms with van der Waals surface area (Å²) >= 11 is 1.75. The number of hydrogen-bond acceptors (Lipinski definition) is 6. The van der Waals surface area contributed by atoms with E-state index in [0.29, 0.717) is 13.2 Å². The molecule has 0 bridgehead atoms. The zero-order valence-electron chi connectivity index (χ0n) is 16.5. The van der Waals surface area contributed by atoms with E-state index in [1.165, 1.54) is 17.0 Å². The summed E-state index contributed by atoms with van der Waals surface area (Å²) in [6.07, 6.45) is 2.85.